The first kappa shape index (κ1) is 18.8. The largest absolute Gasteiger partial charge is 0.356 e. The van der Waals surface area contributed by atoms with Crippen molar-refractivity contribution in [3.63, 3.8) is 0 Å². The van der Waals surface area contributed by atoms with Gasteiger partial charge in [-0.25, -0.2) is 0 Å². The van der Waals surface area contributed by atoms with E-state index < -0.39 is 0 Å². The fourth-order valence-corrected chi connectivity index (χ4v) is 3.49. The second-order valence-electron chi connectivity index (χ2n) is 7.05. The third-order valence-electron chi connectivity index (χ3n) is 5.05. The van der Waals surface area contributed by atoms with Crippen molar-refractivity contribution >= 4 is 21.5 Å². The number of aryl methyl sites for hydroxylation is 2. The Balaban J connectivity index is 1.43. The number of fused-ring (bicyclic) bond motifs is 2. The fraction of sp³-hybridized carbons (Fsp3) is 0.143. The van der Waals surface area contributed by atoms with Crippen LogP contribution in [0, 0.1) is 37.5 Å². The molecule has 1 heteroatoms. The molecule has 0 radical (unpaired) electrons. The van der Waals surface area contributed by atoms with Crippen LogP contribution in [0.1, 0.15) is 22.3 Å². The molecular formula is C28H22O. The molecule has 0 N–H and O–H groups in total. The van der Waals surface area contributed by atoms with Crippen LogP contribution in [0.15, 0.2) is 72.8 Å². The van der Waals surface area contributed by atoms with E-state index in [1.165, 1.54) is 32.7 Å². The van der Waals surface area contributed by atoms with Crippen LogP contribution < -0.4 is 0 Å². The van der Waals surface area contributed by atoms with Gasteiger partial charge in [-0.2, -0.15) is 0 Å². The molecule has 0 aliphatic rings. The lowest BCUT2D eigenvalue weighted by atomic mass is 10.0. The average Bonchev–Trinajstić information content (AvgIpc) is 2.75. The zero-order valence-corrected chi connectivity index (χ0v) is 16.8. The molecule has 0 saturated heterocycles. The van der Waals surface area contributed by atoms with E-state index in [-0.39, 0.29) is 0 Å². The van der Waals surface area contributed by atoms with Crippen LogP contribution in [0.25, 0.3) is 21.5 Å². The van der Waals surface area contributed by atoms with Gasteiger partial charge in [0.2, 0.25) is 0 Å². The maximum absolute atomic E-state index is 5.63. The summed E-state index contributed by atoms with van der Waals surface area (Å²) >= 11 is 0. The number of hydrogen-bond acceptors (Lipinski definition) is 1. The molecule has 0 spiro atoms. The Morgan fingerprint density at radius 1 is 0.586 bits per heavy atom. The summed E-state index contributed by atoms with van der Waals surface area (Å²) in [4.78, 5) is 0. The van der Waals surface area contributed by atoms with Gasteiger partial charge in [0.1, 0.15) is 13.2 Å². The maximum Gasteiger partial charge on any atom is 0.109 e. The summed E-state index contributed by atoms with van der Waals surface area (Å²) in [5.74, 6) is 12.8. The summed E-state index contributed by atoms with van der Waals surface area (Å²) in [6, 6.07) is 25.2. The molecule has 140 valence electrons. The molecule has 1 nitrogen and oxygen atoms in total. The van der Waals surface area contributed by atoms with E-state index in [1.54, 1.807) is 0 Å². The zero-order chi connectivity index (χ0) is 20.1. The summed E-state index contributed by atoms with van der Waals surface area (Å²) in [6.45, 7) is 4.92. The molecule has 0 bridgehead atoms. The molecule has 4 aromatic carbocycles. The zero-order valence-electron chi connectivity index (χ0n) is 16.8. The van der Waals surface area contributed by atoms with E-state index in [2.05, 4.69) is 86.1 Å². The van der Waals surface area contributed by atoms with Crippen molar-refractivity contribution in [1.29, 1.82) is 0 Å². The van der Waals surface area contributed by atoms with Crippen LogP contribution in [0.3, 0.4) is 0 Å². The Hall–Kier alpha value is -3.52. The van der Waals surface area contributed by atoms with Crippen LogP contribution in [-0.2, 0) is 4.74 Å². The first-order valence-electron chi connectivity index (χ1n) is 9.76. The molecule has 0 amide bonds. The Morgan fingerprint density at radius 2 is 1.03 bits per heavy atom. The predicted octanol–water partition coefficient (Wildman–Crippen LogP) is 6.03. The first-order chi connectivity index (χ1) is 14.2. The van der Waals surface area contributed by atoms with Gasteiger partial charge in [0, 0.05) is 11.1 Å². The van der Waals surface area contributed by atoms with Gasteiger partial charge in [-0.3, -0.25) is 0 Å². The number of hydrogen-bond donors (Lipinski definition) is 0. The van der Waals surface area contributed by atoms with E-state index >= 15 is 0 Å². The van der Waals surface area contributed by atoms with Gasteiger partial charge >= 0.3 is 0 Å². The molecular weight excluding hydrogens is 352 g/mol. The van der Waals surface area contributed by atoms with Gasteiger partial charge in [0.15, 0.2) is 0 Å². The van der Waals surface area contributed by atoms with Crippen molar-refractivity contribution in [3.8, 4) is 23.7 Å². The van der Waals surface area contributed by atoms with Crippen LogP contribution in [0.2, 0.25) is 0 Å². The second kappa shape index (κ2) is 8.66. The minimum Gasteiger partial charge on any atom is -0.356 e. The van der Waals surface area contributed by atoms with Crippen LogP contribution in [-0.4, -0.2) is 13.2 Å². The van der Waals surface area contributed by atoms with E-state index in [9.17, 15) is 0 Å². The summed E-state index contributed by atoms with van der Waals surface area (Å²) < 4.78 is 5.63. The highest BCUT2D eigenvalue weighted by molar-refractivity contribution is 5.90. The first-order valence-corrected chi connectivity index (χ1v) is 9.76. The molecule has 0 aliphatic heterocycles. The van der Waals surface area contributed by atoms with Gasteiger partial charge in [-0.15, -0.1) is 0 Å². The van der Waals surface area contributed by atoms with E-state index in [4.69, 9.17) is 4.74 Å². The van der Waals surface area contributed by atoms with Crippen LogP contribution in [0.5, 0.6) is 0 Å². The number of ether oxygens (including phenoxy) is 1. The van der Waals surface area contributed by atoms with Crippen molar-refractivity contribution < 1.29 is 4.74 Å². The monoisotopic (exact) mass is 374 g/mol. The van der Waals surface area contributed by atoms with Crippen molar-refractivity contribution in [2.24, 2.45) is 0 Å². The molecule has 0 aliphatic carbocycles. The fourth-order valence-electron chi connectivity index (χ4n) is 3.49. The van der Waals surface area contributed by atoms with Gasteiger partial charge in [0.25, 0.3) is 0 Å². The van der Waals surface area contributed by atoms with E-state index in [1.807, 2.05) is 24.3 Å². The quantitative estimate of drug-likeness (QED) is 0.307. The van der Waals surface area contributed by atoms with Crippen molar-refractivity contribution in [3.05, 3.63) is 95.1 Å². The highest BCUT2D eigenvalue weighted by atomic mass is 16.5. The SMILES string of the molecule is Cc1ccc2ccccc2c1C#CCOCC#Cc1c(C)ccc2ccccc12. The molecule has 0 fully saturated rings. The third-order valence-corrected chi connectivity index (χ3v) is 5.05. The van der Waals surface area contributed by atoms with Crippen molar-refractivity contribution in [2.45, 2.75) is 13.8 Å². The Morgan fingerprint density at radius 3 is 1.52 bits per heavy atom. The summed E-state index contributed by atoms with van der Waals surface area (Å²) in [5, 5.41) is 4.79. The molecule has 0 aromatic heterocycles. The smallest absolute Gasteiger partial charge is 0.109 e. The van der Waals surface area contributed by atoms with Crippen molar-refractivity contribution in [1.82, 2.24) is 0 Å². The molecule has 0 atom stereocenters. The third kappa shape index (κ3) is 4.17. The van der Waals surface area contributed by atoms with Gasteiger partial charge in [-0.1, -0.05) is 96.5 Å². The predicted molar refractivity (Wildman–Crippen MR) is 122 cm³/mol. The van der Waals surface area contributed by atoms with Crippen LogP contribution >= 0.6 is 0 Å². The van der Waals surface area contributed by atoms with Gasteiger partial charge < -0.3 is 4.74 Å². The van der Waals surface area contributed by atoms with Gasteiger partial charge in [0.05, 0.1) is 0 Å². The normalized spacial score (nSPS) is 10.3. The Bertz CT molecular complexity index is 1200. The highest BCUT2D eigenvalue weighted by Crippen LogP contribution is 2.22. The van der Waals surface area contributed by atoms with Gasteiger partial charge in [-0.05, 0) is 46.5 Å². The molecule has 0 heterocycles. The van der Waals surface area contributed by atoms with E-state index in [0.717, 1.165) is 11.1 Å². The minimum atomic E-state index is 0.367. The lowest BCUT2D eigenvalue weighted by Gasteiger charge is -2.04. The average molecular weight is 374 g/mol. The van der Waals surface area contributed by atoms with Crippen LogP contribution in [0.4, 0.5) is 0 Å². The minimum absolute atomic E-state index is 0.367. The number of rotatable bonds is 2. The molecule has 4 aromatic rings. The lowest BCUT2D eigenvalue weighted by molar-refractivity contribution is 0.204. The summed E-state index contributed by atoms with van der Waals surface area (Å²) in [6.07, 6.45) is 0. The Labute approximate surface area is 172 Å². The molecule has 29 heavy (non-hydrogen) atoms. The van der Waals surface area contributed by atoms with E-state index in [0.29, 0.717) is 13.2 Å². The number of benzene rings is 4. The summed E-state index contributed by atoms with van der Waals surface area (Å²) in [5.41, 5.74) is 4.51. The maximum atomic E-state index is 5.63. The molecule has 0 unspecified atom stereocenters. The standard InChI is InChI=1S/C28H22O/c1-21-15-17-23-9-3-5-11-27(23)25(21)13-7-19-29-20-8-14-26-22(2)16-18-24-10-4-6-12-28(24)26/h3-6,9-12,15-18H,19-20H2,1-2H3. The molecule has 4 rings (SSSR count). The summed E-state index contributed by atoms with van der Waals surface area (Å²) in [7, 11) is 0. The van der Waals surface area contributed by atoms with Crippen molar-refractivity contribution in [2.75, 3.05) is 13.2 Å². The topological polar surface area (TPSA) is 9.23 Å². The lowest BCUT2D eigenvalue weighted by Crippen LogP contribution is -1.93. The highest BCUT2D eigenvalue weighted by Gasteiger charge is 2.02. The second-order valence-corrected chi connectivity index (χ2v) is 7.05. The Kier molecular flexibility index (Phi) is 5.62. The molecule has 0 saturated carbocycles.